The first-order valence-electron chi connectivity index (χ1n) is 5.97. The van der Waals surface area contributed by atoms with Crippen molar-refractivity contribution in [3.05, 3.63) is 62.4 Å². The maximum Gasteiger partial charge on any atom is 0.311 e. The first-order valence-corrected chi connectivity index (χ1v) is 6.34. The molecule has 6 heteroatoms. The van der Waals surface area contributed by atoms with Crippen molar-refractivity contribution in [2.24, 2.45) is 0 Å². The highest BCUT2D eigenvalue weighted by atomic mass is 35.5. The number of benzene rings is 1. The number of rotatable bonds is 4. The summed E-state index contributed by atoms with van der Waals surface area (Å²) in [5, 5.41) is 11.4. The lowest BCUT2D eigenvalue weighted by Gasteiger charge is -2.11. The third-order valence-corrected chi connectivity index (χ3v) is 3.14. The first kappa shape index (κ1) is 14.3. The molecule has 0 aliphatic heterocycles. The number of nitro groups is 1. The zero-order chi connectivity index (χ0) is 14.7. The van der Waals surface area contributed by atoms with Gasteiger partial charge in [-0.15, -0.1) is 0 Å². The van der Waals surface area contributed by atoms with Crippen LogP contribution in [0.25, 0.3) is 0 Å². The molecule has 20 heavy (non-hydrogen) atoms. The highest BCUT2D eigenvalue weighted by molar-refractivity contribution is 6.30. The van der Waals surface area contributed by atoms with Crippen LogP contribution in [0, 0.1) is 24.0 Å². The third-order valence-electron chi connectivity index (χ3n) is 2.80. The molecule has 0 atom stereocenters. The Bertz CT molecular complexity index is 659. The fourth-order valence-corrected chi connectivity index (χ4v) is 2.11. The quantitative estimate of drug-likeness (QED) is 0.488. The summed E-state index contributed by atoms with van der Waals surface area (Å²) in [5.41, 5.74) is 2.18. The van der Waals surface area contributed by atoms with E-state index >= 15 is 0 Å². The molecule has 104 valence electrons. The summed E-state index contributed by atoms with van der Waals surface area (Å²) in [5.74, 6) is 0.264. The maximum atomic E-state index is 11.1. The zero-order valence-corrected chi connectivity index (χ0v) is 11.8. The molecule has 0 aliphatic rings. The average molecular weight is 293 g/mol. The molecule has 2 rings (SSSR count). The van der Waals surface area contributed by atoms with Crippen LogP contribution in [0.15, 0.2) is 30.5 Å². The van der Waals surface area contributed by atoms with Crippen molar-refractivity contribution in [1.82, 2.24) is 4.98 Å². The minimum absolute atomic E-state index is 0.0393. The smallest absolute Gasteiger partial charge is 0.311 e. The van der Waals surface area contributed by atoms with Crippen molar-refractivity contribution in [2.45, 2.75) is 20.5 Å². The lowest BCUT2D eigenvalue weighted by atomic mass is 10.1. The second-order valence-corrected chi connectivity index (χ2v) is 4.79. The van der Waals surface area contributed by atoms with E-state index in [1.54, 1.807) is 25.3 Å². The summed E-state index contributed by atoms with van der Waals surface area (Å²) in [6, 6.07) is 6.84. The third kappa shape index (κ3) is 3.05. The number of aromatic nitrogens is 1. The number of pyridine rings is 1. The monoisotopic (exact) mass is 292 g/mol. The van der Waals surface area contributed by atoms with Crippen LogP contribution in [-0.4, -0.2) is 9.91 Å². The fraction of sp³-hybridized carbons (Fsp3) is 0.214. The van der Waals surface area contributed by atoms with Gasteiger partial charge in [-0.1, -0.05) is 23.7 Å². The molecule has 0 spiro atoms. The van der Waals surface area contributed by atoms with Crippen LogP contribution < -0.4 is 4.74 Å². The van der Waals surface area contributed by atoms with Gasteiger partial charge in [0, 0.05) is 17.8 Å². The van der Waals surface area contributed by atoms with Gasteiger partial charge in [-0.3, -0.25) is 10.1 Å². The molecule has 0 unspecified atom stereocenters. The average Bonchev–Trinajstić information content (AvgIpc) is 2.38. The predicted molar refractivity (Wildman–Crippen MR) is 76.1 cm³/mol. The van der Waals surface area contributed by atoms with Gasteiger partial charge in [-0.25, -0.2) is 4.98 Å². The minimum atomic E-state index is -0.444. The summed E-state index contributed by atoms with van der Waals surface area (Å²) < 4.78 is 5.58. The summed E-state index contributed by atoms with van der Waals surface area (Å²) in [6.07, 6.45) is 1.57. The predicted octanol–water partition coefficient (Wildman–Crippen LogP) is 3.84. The second-order valence-electron chi connectivity index (χ2n) is 4.43. The highest BCUT2D eigenvalue weighted by Gasteiger charge is 2.18. The van der Waals surface area contributed by atoms with E-state index in [4.69, 9.17) is 16.3 Å². The summed E-state index contributed by atoms with van der Waals surface area (Å²) in [7, 11) is 0. The van der Waals surface area contributed by atoms with E-state index in [-0.39, 0.29) is 18.0 Å². The van der Waals surface area contributed by atoms with Crippen molar-refractivity contribution in [3.8, 4) is 5.75 Å². The normalized spacial score (nSPS) is 10.3. The zero-order valence-electron chi connectivity index (χ0n) is 11.1. The Morgan fingerprint density at radius 1 is 1.40 bits per heavy atom. The largest absolute Gasteiger partial charge is 0.482 e. The molecule has 0 radical (unpaired) electrons. The molecule has 0 saturated heterocycles. The van der Waals surface area contributed by atoms with E-state index in [2.05, 4.69) is 4.98 Å². The van der Waals surface area contributed by atoms with Crippen LogP contribution in [0.3, 0.4) is 0 Å². The molecule has 2 aromatic rings. The molecule has 5 nitrogen and oxygen atoms in total. The summed E-state index contributed by atoms with van der Waals surface area (Å²) >= 11 is 5.93. The van der Waals surface area contributed by atoms with Gasteiger partial charge >= 0.3 is 5.69 Å². The van der Waals surface area contributed by atoms with E-state index < -0.39 is 4.92 Å². The molecule has 0 aliphatic carbocycles. The number of nitro benzene ring substituents is 1. The summed E-state index contributed by atoms with van der Waals surface area (Å²) in [6.45, 7) is 3.72. The van der Waals surface area contributed by atoms with Gasteiger partial charge in [-0.2, -0.15) is 0 Å². The number of hydrogen-bond acceptors (Lipinski definition) is 4. The molecule has 0 fully saturated rings. The van der Waals surface area contributed by atoms with Gasteiger partial charge in [0.25, 0.3) is 0 Å². The number of nitrogens with zero attached hydrogens (tertiary/aromatic N) is 2. The van der Waals surface area contributed by atoms with Crippen molar-refractivity contribution in [2.75, 3.05) is 0 Å². The Balaban J connectivity index is 2.30. The van der Waals surface area contributed by atoms with Crippen molar-refractivity contribution in [1.29, 1.82) is 0 Å². The van der Waals surface area contributed by atoms with Crippen LogP contribution in [-0.2, 0) is 6.61 Å². The molecule has 1 aromatic carbocycles. The lowest BCUT2D eigenvalue weighted by Crippen LogP contribution is -2.02. The molecule has 1 aromatic heterocycles. The van der Waals surface area contributed by atoms with Crippen molar-refractivity contribution < 1.29 is 9.66 Å². The number of hydrogen-bond donors (Lipinski definition) is 0. The number of aryl methyl sites for hydroxylation is 2. The van der Waals surface area contributed by atoms with E-state index in [1.165, 1.54) is 6.07 Å². The van der Waals surface area contributed by atoms with E-state index in [1.807, 2.05) is 13.0 Å². The van der Waals surface area contributed by atoms with Crippen LogP contribution in [0.5, 0.6) is 5.75 Å². The molecule has 0 N–H and O–H groups in total. The van der Waals surface area contributed by atoms with Gasteiger partial charge in [-0.05, 0) is 31.0 Å². The Morgan fingerprint density at radius 2 is 2.15 bits per heavy atom. The van der Waals surface area contributed by atoms with E-state index in [9.17, 15) is 10.1 Å². The van der Waals surface area contributed by atoms with Crippen molar-refractivity contribution in [3.63, 3.8) is 0 Å². The fourth-order valence-electron chi connectivity index (χ4n) is 1.93. The minimum Gasteiger partial charge on any atom is -0.482 e. The molecular formula is C14H13ClN2O3. The van der Waals surface area contributed by atoms with Gasteiger partial charge in [0.1, 0.15) is 11.8 Å². The Labute approximate surface area is 121 Å². The second kappa shape index (κ2) is 5.88. The number of ether oxygens (including phenoxy) is 1. The molecule has 0 saturated carbocycles. The van der Waals surface area contributed by atoms with Crippen LogP contribution in [0.1, 0.15) is 16.7 Å². The van der Waals surface area contributed by atoms with Crippen molar-refractivity contribution >= 4 is 17.3 Å². The topological polar surface area (TPSA) is 65.3 Å². The molecule has 0 amide bonds. The maximum absolute atomic E-state index is 11.1. The van der Waals surface area contributed by atoms with Crippen LogP contribution in [0.4, 0.5) is 5.69 Å². The van der Waals surface area contributed by atoms with Gasteiger partial charge in [0.05, 0.1) is 4.92 Å². The summed E-state index contributed by atoms with van der Waals surface area (Å²) in [4.78, 5) is 14.6. The standard InChI is InChI=1S/C14H13ClN2O3/c1-9-6-10(2)13(12(7-9)17(18)19)20-8-11-4-3-5-16-14(11)15/h3-7H,8H2,1-2H3. The SMILES string of the molecule is Cc1cc(C)c(OCc2cccnc2Cl)c([N+](=O)[O-])c1. The van der Waals surface area contributed by atoms with Crippen LogP contribution in [0.2, 0.25) is 5.15 Å². The van der Waals surface area contributed by atoms with Crippen LogP contribution >= 0.6 is 11.6 Å². The van der Waals surface area contributed by atoms with E-state index in [0.717, 1.165) is 11.1 Å². The lowest BCUT2D eigenvalue weighted by molar-refractivity contribution is -0.386. The Kier molecular flexibility index (Phi) is 4.20. The van der Waals surface area contributed by atoms with Gasteiger partial charge < -0.3 is 4.74 Å². The van der Waals surface area contributed by atoms with Gasteiger partial charge in [0.2, 0.25) is 0 Å². The highest BCUT2D eigenvalue weighted by Crippen LogP contribution is 2.32. The molecular weight excluding hydrogens is 280 g/mol. The Morgan fingerprint density at radius 3 is 2.80 bits per heavy atom. The van der Waals surface area contributed by atoms with Gasteiger partial charge in [0.15, 0.2) is 5.75 Å². The number of halogens is 1. The molecule has 0 bridgehead atoms. The Hall–Kier alpha value is -2.14. The molecule has 1 heterocycles. The first-order chi connectivity index (χ1) is 9.49. The van der Waals surface area contributed by atoms with E-state index in [0.29, 0.717) is 10.7 Å².